The minimum atomic E-state index is -0.0708. The Balaban J connectivity index is 4.39. The van der Waals surface area contributed by atoms with E-state index >= 15 is 0 Å². The van der Waals surface area contributed by atoms with Crippen molar-refractivity contribution in [1.82, 2.24) is 0 Å². The van der Waals surface area contributed by atoms with Crippen LogP contribution in [0.4, 0.5) is 0 Å². The fourth-order valence-electron chi connectivity index (χ4n) is 0.725. The molecule has 0 aromatic rings. The predicted octanol–water partition coefficient (Wildman–Crippen LogP) is 2.97. The van der Waals surface area contributed by atoms with Crippen molar-refractivity contribution in [2.24, 2.45) is 9.98 Å². The lowest BCUT2D eigenvalue weighted by atomic mass is 10.5. The Kier molecular flexibility index (Phi) is 6.62. The minimum Gasteiger partial charge on any atom is -0.226 e. The zero-order valence-electron chi connectivity index (χ0n) is 8.13. The lowest BCUT2D eigenvalue weighted by Crippen LogP contribution is -2.13. The molecule has 0 amide bonds. The second kappa shape index (κ2) is 6.58. The van der Waals surface area contributed by atoms with Crippen LogP contribution in [-0.2, 0) is 0 Å². The smallest absolute Gasteiger partial charge is 0.161 e. The van der Waals surface area contributed by atoms with E-state index in [1.54, 1.807) is 23.5 Å². The van der Waals surface area contributed by atoms with Crippen molar-refractivity contribution < 1.29 is 0 Å². The van der Waals surface area contributed by atoms with Crippen LogP contribution in [0.3, 0.4) is 0 Å². The molecule has 0 unspecified atom stereocenters. The molecule has 0 rings (SSSR count). The average Bonchev–Trinajstić information content (AvgIpc) is 2.14. The van der Waals surface area contributed by atoms with Gasteiger partial charge in [-0.05, 0) is 25.9 Å². The molecule has 0 bridgehead atoms. The SMILES string of the molecule is CCN=C=NC(CC)(SC)SC. The van der Waals surface area contributed by atoms with Crippen LogP contribution < -0.4 is 0 Å². The van der Waals surface area contributed by atoms with Crippen LogP contribution in [-0.4, -0.2) is 29.3 Å². The maximum Gasteiger partial charge on any atom is 0.161 e. The Hall–Kier alpha value is 0.0800. The molecule has 4 heteroatoms. The Morgan fingerprint density at radius 1 is 1.25 bits per heavy atom. The van der Waals surface area contributed by atoms with E-state index < -0.39 is 0 Å². The van der Waals surface area contributed by atoms with Crippen LogP contribution in [0.2, 0.25) is 0 Å². The van der Waals surface area contributed by atoms with E-state index in [2.05, 4.69) is 35.4 Å². The van der Waals surface area contributed by atoms with Crippen molar-refractivity contribution in [2.45, 2.75) is 24.5 Å². The standard InChI is InChI=1S/C8H16N2S2/c1-5-8(11-3,12-4)10-7-9-6-2/h5-6H2,1-4H3. The summed E-state index contributed by atoms with van der Waals surface area (Å²) in [5.74, 6) is 0. The number of rotatable bonds is 5. The molecule has 0 N–H and O–H groups in total. The molecule has 0 aromatic heterocycles. The minimum absolute atomic E-state index is 0.0708. The molecular weight excluding hydrogens is 188 g/mol. The van der Waals surface area contributed by atoms with Gasteiger partial charge in [-0.15, -0.1) is 23.5 Å². The van der Waals surface area contributed by atoms with Gasteiger partial charge in [-0.1, -0.05) is 6.92 Å². The van der Waals surface area contributed by atoms with Gasteiger partial charge in [0, 0.05) is 6.54 Å². The van der Waals surface area contributed by atoms with Crippen LogP contribution >= 0.6 is 23.5 Å². The van der Waals surface area contributed by atoms with E-state index in [-0.39, 0.29) is 4.20 Å². The first-order valence-corrected chi connectivity index (χ1v) is 6.43. The van der Waals surface area contributed by atoms with Gasteiger partial charge in [0.05, 0.1) is 6.01 Å². The summed E-state index contributed by atoms with van der Waals surface area (Å²) in [5.41, 5.74) is 0. The van der Waals surface area contributed by atoms with E-state index in [1.807, 2.05) is 6.92 Å². The van der Waals surface area contributed by atoms with Crippen molar-refractivity contribution >= 4 is 29.5 Å². The van der Waals surface area contributed by atoms with Gasteiger partial charge in [0.1, 0.15) is 0 Å². The van der Waals surface area contributed by atoms with Gasteiger partial charge in [-0.2, -0.15) is 4.99 Å². The number of thioether (sulfide) groups is 2. The molecule has 12 heavy (non-hydrogen) atoms. The number of aliphatic imine (C=N–C) groups is 2. The maximum atomic E-state index is 4.31. The van der Waals surface area contributed by atoms with Crippen LogP contribution in [0.25, 0.3) is 0 Å². The molecule has 0 spiro atoms. The van der Waals surface area contributed by atoms with Crippen molar-refractivity contribution in [3.8, 4) is 0 Å². The van der Waals surface area contributed by atoms with Crippen LogP contribution in [0, 0.1) is 0 Å². The lowest BCUT2D eigenvalue weighted by molar-refractivity contribution is 0.818. The molecule has 0 aliphatic carbocycles. The topological polar surface area (TPSA) is 24.7 Å². The molecular formula is C8H16N2S2. The van der Waals surface area contributed by atoms with Gasteiger partial charge < -0.3 is 0 Å². The van der Waals surface area contributed by atoms with E-state index in [4.69, 9.17) is 0 Å². The summed E-state index contributed by atoms with van der Waals surface area (Å²) < 4.78 is -0.0708. The van der Waals surface area contributed by atoms with Gasteiger partial charge in [0.2, 0.25) is 0 Å². The summed E-state index contributed by atoms with van der Waals surface area (Å²) in [6.07, 6.45) is 5.13. The Morgan fingerprint density at radius 3 is 2.17 bits per heavy atom. The quantitative estimate of drug-likeness (QED) is 0.508. The Morgan fingerprint density at radius 2 is 1.83 bits per heavy atom. The first kappa shape index (κ1) is 12.1. The number of hydrogen-bond donors (Lipinski definition) is 0. The highest BCUT2D eigenvalue weighted by Crippen LogP contribution is 2.37. The lowest BCUT2D eigenvalue weighted by Gasteiger charge is -2.21. The van der Waals surface area contributed by atoms with Gasteiger partial charge in [-0.3, -0.25) is 0 Å². The summed E-state index contributed by atoms with van der Waals surface area (Å²) in [7, 11) is 0. The molecule has 2 nitrogen and oxygen atoms in total. The van der Waals surface area contributed by atoms with Gasteiger partial charge >= 0.3 is 0 Å². The first-order chi connectivity index (χ1) is 5.74. The molecule has 70 valence electrons. The summed E-state index contributed by atoms with van der Waals surface area (Å²) in [6.45, 7) is 4.87. The molecule has 0 aliphatic rings. The summed E-state index contributed by atoms with van der Waals surface area (Å²) in [6, 6.07) is 2.74. The maximum absolute atomic E-state index is 4.31. The van der Waals surface area contributed by atoms with E-state index in [0.717, 1.165) is 13.0 Å². The van der Waals surface area contributed by atoms with Crippen LogP contribution in [0.5, 0.6) is 0 Å². The summed E-state index contributed by atoms with van der Waals surface area (Å²) >= 11 is 3.48. The molecule has 0 aliphatic heterocycles. The molecule has 0 radical (unpaired) electrons. The molecule has 0 saturated heterocycles. The largest absolute Gasteiger partial charge is 0.226 e. The van der Waals surface area contributed by atoms with Gasteiger partial charge in [-0.25, -0.2) is 4.99 Å². The van der Waals surface area contributed by atoms with Gasteiger partial charge in [0.15, 0.2) is 4.20 Å². The average molecular weight is 204 g/mol. The monoisotopic (exact) mass is 204 g/mol. The highest BCUT2D eigenvalue weighted by atomic mass is 32.2. The van der Waals surface area contributed by atoms with Crippen LogP contribution in [0.1, 0.15) is 20.3 Å². The third-order valence-corrected chi connectivity index (χ3v) is 4.57. The second-order valence-electron chi connectivity index (χ2n) is 2.16. The fraction of sp³-hybridized carbons (Fsp3) is 0.875. The highest BCUT2D eigenvalue weighted by Gasteiger charge is 2.23. The highest BCUT2D eigenvalue weighted by molar-refractivity contribution is 8.17. The first-order valence-electron chi connectivity index (χ1n) is 3.98. The van der Waals surface area contributed by atoms with E-state index in [1.165, 1.54) is 0 Å². The zero-order chi connectivity index (χ0) is 9.45. The fourth-order valence-corrected chi connectivity index (χ4v) is 2.23. The predicted molar refractivity (Wildman–Crippen MR) is 60.5 cm³/mol. The van der Waals surface area contributed by atoms with Crippen molar-refractivity contribution in [3.63, 3.8) is 0 Å². The normalized spacial score (nSPS) is 10.7. The third-order valence-electron chi connectivity index (χ3n) is 1.53. The van der Waals surface area contributed by atoms with E-state index in [9.17, 15) is 0 Å². The Labute approximate surface area is 83.3 Å². The second-order valence-corrected chi connectivity index (χ2v) is 4.59. The molecule has 0 fully saturated rings. The zero-order valence-corrected chi connectivity index (χ0v) is 9.76. The molecule has 0 saturated carbocycles. The molecule has 0 aromatic carbocycles. The molecule has 0 atom stereocenters. The summed E-state index contributed by atoms with van der Waals surface area (Å²) in [5, 5.41) is 0. The summed E-state index contributed by atoms with van der Waals surface area (Å²) in [4.78, 5) is 8.27. The third kappa shape index (κ3) is 3.65. The Bertz CT molecular complexity index is 162. The number of nitrogens with zero attached hydrogens (tertiary/aromatic N) is 2. The van der Waals surface area contributed by atoms with E-state index in [0.29, 0.717) is 0 Å². The number of hydrogen-bond acceptors (Lipinski definition) is 4. The van der Waals surface area contributed by atoms with Crippen molar-refractivity contribution in [2.75, 3.05) is 19.1 Å². The van der Waals surface area contributed by atoms with Crippen LogP contribution in [0.15, 0.2) is 9.98 Å². The van der Waals surface area contributed by atoms with Crippen molar-refractivity contribution in [1.29, 1.82) is 0 Å². The van der Waals surface area contributed by atoms with Gasteiger partial charge in [0.25, 0.3) is 0 Å². The van der Waals surface area contributed by atoms with Crippen molar-refractivity contribution in [3.05, 3.63) is 0 Å². The molecule has 0 heterocycles.